The molecule has 2 aromatic heterocycles. The van der Waals surface area contributed by atoms with Gasteiger partial charge < -0.3 is 15.2 Å². The number of rotatable bonds is 6. The summed E-state index contributed by atoms with van der Waals surface area (Å²) < 4.78 is 0. The molecule has 0 radical (unpaired) electrons. The maximum atomic E-state index is 3.59. The zero-order valence-corrected chi connectivity index (χ0v) is 13.3. The van der Waals surface area contributed by atoms with Gasteiger partial charge >= 0.3 is 0 Å². The molecule has 0 aliphatic carbocycles. The van der Waals surface area contributed by atoms with E-state index in [1.54, 1.807) is 0 Å². The van der Waals surface area contributed by atoms with Crippen molar-refractivity contribution in [3.63, 3.8) is 0 Å². The van der Waals surface area contributed by atoms with Crippen LogP contribution in [0.5, 0.6) is 0 Å². The molecule has 1 aromatic carbocycles. The van der Waals surface area contributed by atoms with Crippen LogP contribution in [0.3, 0.4) is 0 Å². The Morgan fingerprint density at radius 3 is 2.81 bits per heavy atom. The lowest BCUT2D eigenvalue weighted by atomic mass is 10.1. The second kappa shape index (κ2) is 6.43. The van der Waals surface area contributed by atoms with E-state index in [1.807, 2.05) is 11.3 Å². The molecule has 3 aromatic rings. The average Bonchev–Trinajstić information content (AvgIpc) is 3.13. The topological polar surface area (TPSA) is 31.1 Å². The number of benzene rings is 1. The lowest BCUT2D eigenvalue weighted by molar-refractivity contribution is 0.292. The molecule has 1 unspecified atom stereocenters. The van der Waals surface area contributed by atoms with Crippen LogP contribution in [0.15, 0.2) is 48.0 Å². The molecule has 1 atom stereocenters. The highest BCUT2D eigenvalue weighted by molar-refractivity contribution is 7.10. The van der Waals surface area contributed by atoms with Crippen molar-refractivity contribution in [2.45, 2.75) is 12.6 Å². The van der Waals surface area contributed by atoms with Crippen molar-refractivity contribution in [3.8, 4) is 0 Å². The van der Waals surface area contributed by atoms with Crippen LogP contribution in [-0.4, -0.2) is 30.5 Å². The average molecular weight is 299 g/mol. The van der Waals surface area contributed by atoms with Gasteiger partial charge in [-0.15, -0.1) is 11.3 Å². The van der Waals surface area contributed by atoms with E-state index in [4.69, 9.17) is 0 Å². The van der Waals surface area contributed by atoms with Gasteiger partial charge in [-0.2, -0.15) is 0 Å². The summed E-state index contributed by atoms with van der Waals surface area (Å²) in [4.78, 5) is 7.01. The molecule has 0 fully saturated rings. The number of aromatic nitrogens is 1. The third kappa shape index (κ3) is 3.18. The van der Waals surface area contributed by atoms with Gasteiger partial charge in [-0.25, -0.2) is 0 Å². The van der Waals surface area contributed by atoms with Crippen LogP contribution in [0.25, 0.3) is 10.9 Å². The molecule has 0 saturated carbocycles. The van der Waals surface area contributed by atoms with Gasteiger partial charge in [-0.1, -0.05) is 24.3 Å². The van der Waals surface area contributed by atoms with Crippen molar-refractivity contribution < 1.29 is 0 Å². The first-order valence-electron chi connectivity index (χ1n) is 7.21. The number of nitrogens with one attached hydrogen (secondary N) is 2. The smallest absolute Gasteiger partial charge is 0.0561 e. The number of nitrogens with zero attached hydrogens (tertiary/aromatic N) is 1. The Bertz CT molecular complexity index is 685. The first-order chi connectivity index (χ1) is 10.3. The predicted molar refractivity (Wildman–Crippen MR) is 90.8 cm³/mol. The highest BCUT2D eigenvalue weighted by Crippen LogP contribution is 2.23. The number of hydrogen-bond acceptors (Lipinski definition) is 3. The lowest BCUT2D eigenvalue weighted by Crippen LogP contribution is -2.30. The van der Waals surface area contributed by atoms with E-state index >= 15 is 0 Å². The molecule has 4 heteroatoms. The Balaban J connectivity index is 1.65. The molecule has 0 amide bonds. The van der Waals surface area contributed by atoms with E-state index in [0.29, 0.717) is 6.04 Å². The molecule has 0 aliphatic rings. The fraction of sp³-hybridized carbons (Fsp3) is 0.294. The summed E-state index contributed by atoms with van der Waals surface area (Å²) in [7, 11) is 4.27. The second-order valence-electron chi connectivity index (χ2n) is 5.49. The molecule has 2 heterocycles. The van der Waals surface area contributed by atoms with Crippen LogP contribution in [0.1, 0.15) is 16.5 Å². The maximum Gasteiger partial charge on any atom is 0.0561 e. The number of hydrogen-bond donors (Lipinski definition) is 2. The normalized spacial score (nSPS) is 13.1. The monoisotopic (exact) mass is 299 g/mol. The first-order valence-corrected chi connectivity index (χ1v) is 8.09. The van der Waals surface area contributed by atoms with Gasteiger partial charge in [-0.05, 0) is 37.2 Å². The quantitative estimate of drug-likeness (QED) is 0.728. The fourth-order valence-electron chi connectivity index (χ4n) is 2.64. The first kappa shape index (κ1) is 14.3. The van der Waals surface area contributed by atoms with Crippen LogP contribution >= 0.6 is 11.3 Å². The van der Waals surface area contributed by atoms with Gasteiger partial charge in [-0.3, -0.25) is 0 Å². The summed E-state index contributed by atoms with van der Waals surface area (Å²) in [5.74, 6) is 0. The molecular formula is C17H21N3S. The third-order valence-electron chi connectivity index (χ3n) is 3.82. The SMILES string of the molecule is CN(C)C(CNCc1c[nH]c2ccccc12)c1cccs1. The number of likely N-dealkylation sites (N-methyl/N-ethyl adjacent to an activating group) is 1. The van der Waals surface area contributed by atoms with E-state index in [0.717, 1.165) is 13.1 Å². The van der Waals surface area contributed by atoms with Crippen molar-refractivity contribution in [1.82, 2.24) is 15.2 Å². The highest BCUT2D eigenvalue weighted by Gasteiger charge is 2.14. The van der Waals surface area contributed by atoms with Crippen molar-refractivity contribution in [2.75, 3.05) is 20.6 Å². The number of aromatic amines is 1. The number of thiophene rings is 1. The van der Waals surface area contributed by atoms with Crippen LogP contribution in [0, 0.1) is 0 Å². The zero-order chi connectivity index (χ0) is 14.7. The summed E-state index contributed by atoms with van der Waals surface area (Å²) in [5.41, 5.74) is 2.53. The zero-order valence-electron chi connectivity index (χ0n) is 12.5. The van der Waals surface area contributed by atoms with E-state index < -0.39 is 0 Å². The summed E-state index contributed by atoms with van der Waals surface area (Å²) in [5, 5.41) is 7.05. The largest absolute Gasteiger partial charge is 0.361 e. The lowest BCUT2D eigenvalue weighted by Gasteiger charge is -2.23. The van der Waals surface area contributed by atoms with Gasteiger partial charge in [0.2, 0.25) is 0 Å². The Labute approximate surface area is 129 Å². The van der Waals surface area contributed by atoms with Gasteiger partial charge in [0.05, 0.1) is 6.04 Å². The molecule has 0 bridgehead atoms. The van der Waals surface area contributed by atoms with Gasteiger partial charge in [0.15, 0.2) is 0 Å². The van der Waals surface area contributed by atoms with E-state index in [-0.39, 0.29) is 0 Å². The third-order valence-corrected chi connectivity index (χ3v) is 4.80. The Morgan fingerprint density at radius 1 is 1.19 bits per heavy atom. The molecule has 3 nitrogen and oxygen atoms in total. The number of H-pyrrole nitrogens is 1. The summed E-state index contributed by atoms with van der Waals surface area (Å²) in [6, 6.07) is 13.2. The highest BCUT2D eigenvalue weighted by atomic mass is 32.1. The number of para-hydroxylation sites is 1. The minimum absolute atomic E-state index is 0.426. The molecule has 0 aliphatic heterocycles. The molecule has 2 N–H and O–H groups in total. The van der Waals surface area contributed by atoms with Crippen molar-refractivity contribution in [2.24, 2.45) is 0 Å². The van der Waals surface area contributed by atoms with Crippen LogP contribution < -0.4 is 5.32 Å². The van der Waals surface area contributed by atoms with E-state index in [2.05, 4.69) is 77.3 Å². The van der Waals surface area contributed by atoms with Crippen molar-refractivity contribution in [3.05, 3.63) is 58.4 Å². The van der Waals surface area contributed by atoms with Crippen molar-refractivity contribution in [1.29, 1.82) is 0 Å². The molecule has 0 saturated heterocycles. The van der Waals surface area contributed by atoms with E-state index in [9.17, 15) is 0 Å². The molecule has 3 rings (SSSR count). The van der Waals surface area contributed by atoms with E-state index in [1.165, 1.54) is 21.3 Å². The Morgan fingerprint density at radius 2 is 2.05 bits per heavy atom. The van der Waals surface area contributed by atoms with Crippen molar-refractivity contribution >= 4 is 22.2 Å². The standard InChI is InChI=1S/C17H21N3S/c1-20(2)16(17-8-5-9-21-17)12-18-10-13-11-19-15-7-4-3-6-14(13)15/h3-9,11,16,18-19H,10,12H2,1-2H3. The maximum absolute atomic E-state index is 3.59. The fourth-order valence-corrected chi connectivity index (χ4v) is 3.56. The summed E-state index contributed by atoms with van der Waals surface area (Å²) >= 11 is 1.82. The molecule has 21 heavy (non-hydrogen) atoms. The minimum atomic E-state index is 0.426. The second-order valence-corrected chi connectivity index (χ2v) is 6.46. The summed E-state index contributed by atoms with van der Waals surface area (Å²) in [6.07, 6.45) is 2.10. The van der Waals surface area contributed by atoms with Gasteiger partial charge in [0.1, 0.15) is 0 Å². The van der Waals surface area contributed by atoms with Crippen LogP contribution in [0.2, 0.25) is 0 Å². The molecule has 0 spiro atoms. The Kier molecular flexibility index (Phi) is 4.39. The molecule has 110 valence electrons. The van der Waals surface area contributed by atoms with Gasteiger partial charge in [0.25, 0.3) is 0 Å². The predicted octanol–water partition coefficient (Wildman–Crippen LogP) is 3.62. The summed E-state index contributed by atoms with van der Waals surface area (Å²) in [6.45, 7) is 1.84. The van der Waals surface area contributed by atoms with Crippen LogP contribution in [-0.2, 0) is 6.54 Å². The number of fused-ring (bicyclic) bond motifs is 1. The minimum Gasteiger partial charge on any atom is -0.361 e. The molecular weight excluding hydrogens is 278 g/mol. The van der Waals surface area contributed by atoms with Gasteiger partial charge in [0, 0.05) is 35.1 Å². The Hall–Kier alpha value is -1.62. The van der Waals surface area contributed by atoms with Crippen LogP contribution in [0.4, 0.5) is 0 Å².